The van der Waals surface area contributed by atoms with Gasteiger partial charge in [0.2, 0.25) is 0 Å². The number of halogens is 1. The van der Waals surface area contributed by atoms with E-state index in [9.17, 15) is 4.79 Å². The summed E-state index contributed by atoms with van der Waals surface area (Å²) in [5.41, 5.74) is 2.73. The lowest BCUT2D eigenvalue weighted by Gasteiger charge is -2.10. The molecule has 0 fully saturated rings. The summed E-state index contributed by atoms with van der Waals surface area (Å²) < 4.78 is 0. The van der Waals surface area contributed by atoms with Crippen molar-refractivity contribution in [2.45, 2.75) is 6.92 Å². The molecule has 5 heteroatoms. The number of carbonyl (C=O) groups is 1. The smallest absolute Gasteiger partial charge is 0.308 e. The number of nitrogens with one attached hydrogen (secondary N) is 2. The Morgan fingerprint density at radius 2 is 1.85 bits per heavy atom. The van der Waals surface area contributed by atoms with Crippen molar-refractivity contribution in [2.75, 3.05) is 10.6 Å². The van der Waals surface area contributed by atoms with Crippen LogP contribution >= 0.6 is 11.6 Å². The highest BCUT2D eigenvalue weighted by molar-refractivity contribution is 6.31. The Bertz CT molecular complexity index is 675. The average Bonchev–Trinajstić information content (AvgIpc) is 2.43. The van der Waals surface area contributed by atoms with E-state index < -0.39 is 0 Å². The number of nitrogens with zero attached hydrogens (tertiary/aromatic N) is 1. The van der Waals surface area contributed by atoms with Gasteiger partial charge in [-0.25, -0.2) is 4.79 Å². The Morgan fingerprint density at radius 3 is 2.50 bits per heavy atom. The molecule has 2 amide bonds. The van der Waals surface area contributed by atoms with Gasteiger partial charge in [0.05, 0.1) is 11.6 Å². The molecule has 0 aliphatic carbocycles. The molecular weight excluding hydrogens is 274 g/mol. The van der Waals surface area contributed by atoms with Gasteiger partial charge in [0, 0.05) is 16.4 Å². The molecule has 2 N–H and O–H groups in total. The van der Waals surface area contributed by atoms with Crippen LogP contribution in [0.4, 0.5) is 16.2 Å². The second-order valence-corrected chi connectivity index (χ2v) is 4.66. The lowest BCUT2D eigenvalue weighted by Crippen LogP contribution is -2.19. The number of hydrogen-bond donors (Lipinski definition) is 2. The fourth-order valence-corrected chi connectivity index (χ4v) is 1.81. The van der Waals surface area contributed by atoms with Crippen molar-refractivity contribution in [1.29, 1.82) is 5.26 Å². The van der Waals surface area contributed by atoms with Gasteiger partial charge in [-0.05, 0) is 48.9 Å². The molecular formula is C15H12ClN3O. The largest absolute Gasteiger partial charge is 0.323 e. The van der Waals surface area contributed by atoms with Crippen LogP contribution in [0.3, 0.4) is 0 Å². The highest BCUT2D eigenvalue weighted by Gasteiger charge is 2.05. The summed E-state index contributed by atoms with van der Waals surface area (Å²) >= 11 is 5.89. The molecule has 0 aliphatic rings. The molecule has 0 spiro atoms. The molecule has 0 atom stereocenters. The molecule has 0 bridgehead atoms. The second kappa shape index (κ2) is 6.09. The molecule has 100 valence electrons. The van der Waals surface area contributed by atoms with Gasteiger partial charge < -0.3 is 10.6 Å². The van der Waals surface area contributed by atoms with Gasteiger partial charge in [-0.15, -0.1) is 0 Å². The number of urea groups is 1. The van der Waals surface area contributed by atoms with E-state index >= 15 is 0 Å². The molecule has 0 aromatic heterocycles. The first-order valence-electron chi connectivity index (χ1n) is 5.93. The highest BCUT2D eigenvalue weighted by Crippen LogP contribution is 2.20. The quantitative estimate of drug-likeness (QED) is 0.870. The van der Waals surface area contributed by atoms with Gasteiger partial charge in [0.25, 0.3) is 0 Å². The van der Waals surface area contributed by atoms with Crippen molar-refractivity contribution in [2.24, 2.45) is 0 Å². The van der Waals surface area contributed by atoms with E-state index in [1.165, 1.54) is 0 Å². The van der Waals surface area contributed by atoms with Crippen LogP contribution in [-0.4, -0.2) is 6.03 Å². The number of benzene rings is 2. The average molecular weight is 286 g/mol. The zero-order valence-corrected chi connectivity index (χ0v) is 11.5. The van der Waals surface area contributed by atoms with Gasteiger partial charge >= 0.3 is 6.03 Å². The van der Waals surface area contributed by atoms with E-state index in [-0.39, 0.29) is 6.03 Å². The Labute approximate surface area is 122 Å². The number of carbonyl (C=O) groups excluding carboxylic acids is 1. The fraction of sp³-hybridized carbons (Fsp3) is 0.0667. The minimum absolute atomic E-state index is 0.361. The minimum Gasteiger partial charge on any atom is -0.308 e. The zero-order chi connectivity index (χ0) is 14.5. The summed E-state index contributed by atoms with van der Waals surface area (Å²) in [6.07, 6.45) is 0. The van der Waals surface area contributed by atoms with Crippen LogP contribution in [0.25, 0.3) is 0 Å². The van der Waals surface area contributed by atoms with Gasteiger partial charge in [-0.2, -0.15) is 5.26 Å². The van der Waals surface area contributed by atoms with Gasteiger partial charge in [-0.3, -0.25) is 0 Å². The number of rotatable bonds is 2. The summed E-state index contributed by atoms with van der Waals surface area (Å²) in [5.74, 6) is 0. The van der Waals surface area contributed by atoms with Crippen molar-refractivity contribution in [1.82, 2.24) is 0 Å². The highest BCUT2D eigenvalue weighted by atomic mass is 35.5. The van der Waals surface area contributed by atoms with Crippen LogP contribution in [0.2, 0.25) is 5.02 Å². The fourth-order valence-electron chi connectivity index (χ4n) is 1.64. The van der Waals surface area contributed by atoms with E-state index in [1.54, 1.807) is 36.4 Å². The molecule has 0 saturated heterocycles. The third-order valence-electron chi connectivity index (χ3n) is 2.72. The van der Waals surface area contributed by atoms with Crippen LogP contribution in [0.15, 0.2) is 42.5 Å². The molecule has 2 aromatic carbocycles. The van der Waals surface area contributed by atoms with E-state index in [0.29, 0.717) is 22.0 Å². The molecule has 0 unspecified atom stereocenters. The van der Waals surface area contributed by atoms with E-state index in [2.05, 4.69) is 10.6 Å². The predicted molar refractivity (Wildman–Crippen MR) is 80.0 cm³/mol. The number of aryl methyl sites for hydroxylation is 1. The number of hydrogen-bond acceptors (Lipinski definition) is 2. The van der Waals surface area contributed by atoms with Crippen LogP contribution in [0, 0.1) is 18.3 Å². The molecule has 2 aromatic rings. The van der Waals surface area contributed by atoms with Gasteiger partial charge in [0.1, 0.15) is 0 Å². The van der Waals surface area contributed by atoms with E-state index in [0.717, 1.165) is 5.56 Å². The topological polar surface area (TPSA) is 64.9 Å². The number of nitriles is 1. The van der Waals surface area contributed by atoms with Crippen LogP contribution in [0.5, 0.6) is 0 Å². The van der Waals surface area contributed by atoms with Crippen molar-refractivity contribution in [3.8, 4) is 6.07 Å². The predicted octanol–water partition coefficient (Wildman–Crippen LogP) is 4.16. The lowest BCUT2D eigenvalue weighted by atomic mass is 10.2. The third kappa shape index (κ3) is 3.50. The van der Waals surface area contributed by atoms with Gasteiger partial charge in [0.15, 0.2) is 0 Å². The summed E-state index contributed by atoms with van der Waals surface area (Å²) in [5, 5.41) is 14.7. The molecule has 20 heavy (non-hydrogen) atoms. The number of anilines is 2. The molecule has 0 radical (unpaired) electrons. The molecule has 0 saturated carbocycles. The lowest BCUT2D eigenvalue weighted by molar-refractivity contribution is 0.262. The summed E-state index contributed by atoms with van der Waals surface area (Å²) in [7, 11) is 0. The zero-order valence-electron chi connectivity index (χ0n) is 10.8. The Balaban J connectivity index is 2.05. The Hall–Kier alpha value is -2.51. The van der Waals surface area contributed by atoms with Crippen molar-refractivity contribution in [3.05, 3.63) is 58.6 Å². The second-order valence-electron chi connectivity index (χ2n) is 4.23. The number of amides is 2. The Morgan fingerprint density at radius 1 is 1.15 bits per heavy atom. The first-order valence-corrected chi connectivity index (χ1v) is 6.30. The SMILES string of the molecule is Cc1ccc(Cl)cc1NC(=O)Nc1ccc(C#N)cc1. The van der Waals surface area contributed by atoms with E-state index in [1.807, 2.05) is 19.1 Å². The molecule has 2 rings (SSSR count). The monoisotopic (exact) mass is 285 g/mol. The minimum atomic E-state index is -0.361. The van der Waals surface area contributed by atoms with Crippen molar-refractivity contribution in [3.63, 3.8) is 0 Å². The molecule has 0 aliphatic heterocycles. The summed E-state index contributed by atoms with van der Waals surface area (Å²) in [4.78, 5) is 11.9. The van der Waals surface area contributed by atoms with Crippen LogP contribution < -0.4 is 10.6 Å². The van der Waals surface area contributed by atoms with Crippen molar-refractivity contribution < 1.29 is 4.79 Å². The Kier molecular flexibility index (Phi) is 4.24. The van der Waals surface area contributed by atoms with Crippen LogP contribution in [0.1, 0.15) is 11.1 Å². The van der Waals surface area contributed by atoms with Crippen LogP contribution in [-0.2, 0) is 0 Å². The van der Waals surface area contributed by atoms with Gasteiger partial charge in [-0.1, -0.05) is 17.7 Å². The maximum atomic E-state index is 11.9. The summed E-state index contributed by atoms with van der Waals surface area (Å²) in [6.45, 7) is 1.88. The summed E-state index contributed by atoms with van der Waals surface area (Å²) in [6, 6.07) is 13.6. The first kappa shape index (κ1) is 13.9. The van der Waals surface area contributed by atoms with Crippen molar-refractivity contribution >= 4 is 29.0 Å². The normalized spacial score (nSPS) is 9.65. The molecule has 4 nitrogen and oxygen atoms in total. The third-order valence-corrected chi connectivity index (χ3v) is 2.95. The molecule has 0 heterocycles. The maximum absolute atomic E-state index is 11.9. The first-order chi connectivity index (χ1) is 9.58. The maximum Gasteiger partial charge on any atom is 0.323 e. The van der Waals surface area contributed by atoms with E-state index in [4.69, 9.17) is 16.9 Å². The standard InChI is InChI=1S/C15H12ClN3O/c1-10-2-5-12(16)8-14(10)19-15(20)18-13-6-3-11(9-17)4-7-13/h2-8H,1H3,(H2,18,19,20).